The van der Waals surface area contributed by atoms with Crippen molar-refractivity contribution >= 4 is 33.1 Å². The molecule has 1 atom stereocenters. The minimum absolute atomic E-state index is 0.0759. The van der Waals surface area contributed by atoms with E-state index in [1.165, 1.54) is 6.07 Å². The fourth-order valence-electron chi connectivity index (χ4n) is 3.86. The third kappa shape index (κ3) is 4.21. The zero-order chi connectivity index (χ0) is 22.4. The maximum atomic E-state index is 15.0. The monoisotopic (exact) mass is 462 g/mol. The summed E-state index contributed by atoms with van der Waals surface area (Å²) >= 11 is 6.14. The summed E-state index contributed by atoms with van der Waals surface area (Å²) in [6.45, 7) is 5.02. The van der Waals surface area contributed by atoms with E-state index in [2.05, 4.69) is 4.98 Å². The van der Waals surface area contributed by atoms with Crippen LogP contribution in [-0.2, 0) is 10.0 Å². The number of nitrogens with one attached hydrogen (secondary N) is 1. The standard InChI is InChI=1S/C19H22ClF3N4O2S/c1-19(2)10-27(9-13(19)26(3)4)12-8-11(21)18(17(23)16(12)20)30(28,29)25-15-7-5-6-14(22)24-15/h5-8,13H,9-10H2,1-4H3,(H,24,25). The van der Waals surface area contributed by atoms with E-state index in [4.69, 9.17) is 11.6 Å². The number of aromatic nitrogens is 1. The van der Waals surface area contributed by atoms with Crippen molar-refractivity contribution in [1.82, 2.24) is 9.88 Å². The van der Waals surface area contributed by atoms with Crippen LogP contribution in [0.3, 0.4) is 0 Å². The van der Waals surface area contributed by atoms with Crippen LogP contribution < -0.4 is 9.62 Å². The zero-order valence-electron chi connectivity index (χ0n) is 16.9. The molecule has 1 aromatic heterocycles. The van der Waals surface area contributed by atoms with Crippen molar-refractivity contribution in [3.63, 3.8) is 0 Å². The van der Waals surface area contributed by atoms with Gasteiger partial charge in [-0.1, -0.05) is 31.5 Å². The Bertz CT molecular complexity index is 1080. The smallest absolute Gasteiger partial charge is 0.268 e. The molecule has 0 aliphatic carbocycles. The molecule has 1 aromatic carbocycles. The van der Waals surface area contributed by atoms with Crippen LogP contribution in [0.25, 0.3) is 0 Å². The first-order valence-electron chi connectivity index (χ1n) is 9.08. The van der Waals surface area contributed by atoms with Crippen LogP contribution in [0.2, 0.25) is 5.02 Å². The Balaban J connectivity index is 1.99. The minimum Gasteiger partial charge on any atom is -0.368 e. The first-order chi connectivity index (χ1) is 13.8. The van der Waals surface area contributed by atoms with E-state index in [0.717, 1.165) is 18.2 Å². The first-order valence-corrected chi connectivity index (χ1v) is 10.9. The summed E-state index contributed by atoms with van der Waals surface area (Å²) in [7, 11) is -0.907. The van der Waals surface area contributed by atoms with Gasteiger partial charge in [0.2, 0.25) is 5.95 Å². The highest BCUT2D eigenvalue weighted by molar-refractivity contribution is 7.92. The summed E-state index contributed by atoms with van der Waals surface area (Å²) in [6.07, 6.45) is 0. The third-order valence-electron chi connectivity index (χ3n) is 5.18. The van der Waals surface area contributed by atoms with Crippen LogP contribution in [0.4, 0.5) is 24.7 Å². The molecule has 164 valence electrons. The molecule has 2 aromatic rings. The minimum atomic E-state index is -4.74. The van der Waals surface area contributed by atoms with Gasteiger partial charge in [-0.15, -0.1) is 0 Å². The first kappa shape index (κ1) is 22.6. The molecule has 0 radical (unpaired) electrons. The third-order valence-corrected chi connectivity index (χ3v) is 6.93. The lowest BCUT2D eigenvalue weighted by atomic mass is 9.87. The zero-order valence-corrected chi connectivity index (χ0v) is 18.5. The van der Waals surface area contributed by atoms with Crippen molar-refractivity contribution < 1.29 is 21.6 Å². The quantitative estimate of drug-likeness (QED) is 0.542. The predicted octanol–water partition coefficient (Wildman–Crippen LogP) is 3.73. The summed E-state index contributed by atoms with van der Waals surface area (Å²) in [6, 6.07) is 4.37. The normalized spacial score (nSPS) is 18.8. The van der Waals surface area contributed by atoms with Gasteiger partial charge in [0.15, 0.2) is 10.7 Å². The Morgan fingerprint density at radius 3 is 2.50 bits per heavy atom. The van der Waals surface area contributed by atoms with Crippen molar-refractivity contribution in [2.24, 2.45) is 5.41 Å². The van der Waals surface area contributed by atoms with Gasteiger partial charge in [0.1, 0.15) is 16.7 Å². The van der Waals surface area contributed by atoms with Gasteiger partial charge in [-0.05, 0) is 31.6 Å². The highest BCUT2D eigenvalue weighted by atomic mass is 35.5. The van der Waals surface area contributed by atoms with Gasteiger partial charge < -0.3 is 9.80 Å². The fraction of sp³-hybridized carbons (Fsp3) is 0.421. The average molecular weight is 463 g/mol. The number of benzene rings is 1. The second kappa shape index (κ2) is 7.90. The summed E-state index contributed by atoms with van der Waals surface area (Å²) in [5.41, 5.74) is -0.110. The molecular formula is C19H22ClF3N4O2S. The number of likely N-dealkylation sites (N-methyl/N-ethyl adjacent to an activating group) is 1. The molecule has 1 unspecified atom stereocenters. The Labute approximate surface area is 178 Å². The van der Waals surface area contributed by atoms with Crippen molar-refractivity contribution in [2.75, 3.05) is 36.8 Å². The van der Waals surface area contributed by atoms with Crippen LogP contribution in [0.15, 0.2) is 29.2 Å². The van der Waals surface area contributed by atoms with Crippen molar-refractivity contribution in [2.45, 2.75) is 24.8 Å². The van der Waals surface area contributed by atoms with E-state index in [9.17, 15) is 21.6 Å². The highest BCUT2D eigenvalue weighted by Crippen LogP contribution is 2.41. The molecule has 3 rings (SSSR count). The average Bonchev–Trinajstić information content (AvgIpc) is 2.93. The largest absolute Gasteiger partial charge is 0.368 e. The molecule has 11 heteroatoms. The molecule has 1 aliphatic rings. The van der Waals surface area contributed by atoms with E-state index in [-0.39, 0.29) is 17.1 Å². The van der Waals surface area contributed by atoms with Gasteiger partial charge >= 0.3 is 0 Å². The second-order valence-corrected chi connectivity index (χ2v) is 10.1. The van der Waals surface area contributed by atoms with E-state index in [1.807, 2.05) is 37.6 Å². The molecule has 2 heterocycles. The fourth-order valence-corrected chi connectivity index (χ4v) is 5.33. The molecule has 6 nitrogen and oxygen atoms in total. The highest BCUT2D eigenvalue weighted by Gasteiger charge is 2.42. The van der Waals surface area contributed by atoms with Gasteiger partial charge in [-0.3, -0.25) is 4.72 Å². The number of anilines is 2. The Morgan fingerprint density at radius 1 is 1.27 bits per heavy atom. The number of hydrogen-bond donors (Lipinski definition) is 1. The Kier molecular flexibility index (Phi) is 5.96. The summed E-state index contributed by atoms with van der Waals surface area (Å²) < 4.78 is 70.0. The van der Waals surface area contributed by atoms with E-state index in [0.29, 0.717) is 13.1 Å². The van der Waals surface area contributed by atoms with Crippen LogP contribution >= 0.6 is 11.6 Å². The molecule has 1 aliphatic heterocycles. The van der Waals surface area contributed by atoms with Crippen molar-refractivity contribution in [3.05, 3.63) is 46.9 Å². The maximum absolute atomic E-state index is 15.0. The van der Waals surface area contributed by atoms with Gasteiger partial charge in [0.05, 0.1) is 5.69 Å². The van der Waals surface area contributed by atoms with Crippen LogP contribution in [0, 0.1) is 23.0 Å². The van der Waals surface area contributed by atoms with Gasteiger partial charge in [-0.25, -0.2) is 22.2 Å². The number of pyridine rings is 1. The molecule has 1 saturated heterocycles. The van der Waals surface area contributed by atoms with E-state index < -0.39 is 43.3 Å². The summed E-state index contributed by atoms with van der Waals surface area (Å²) in [5.74, 6) is -4.08. The summed E-state index contributed by atoms with van der Waals surface area (Å²) in [5, 5.41) is -0.501. The number of rotatable bonds is 5. The number of halogens is 4. The molecule has 1 fully saturated rings. The lowest BCUT2D eigenvalue weighted by Crippen LogP contribution is -2.39. The van der Waals surface area contributed by atoms with Gasteiger partial charge in [0, 0.05) is 25.2 Å². The van der Waals surface area contributed by atoms with Crippen LogP contribution in [-0.4, -0.2) is 51.5 Å². The number of nitrogens with zero attached hydrogens (tertiary/aromatic N) is 3. The molecule has 0 saturated carbocycles. The molecule has 0 spiro atoms. The number of sulfonamides is 1. The maximum Gasteiger partial charge on any atom is 0.268 e. The Hall–Kier alpha value is -2.04. The molecule has 0 amide bonds. The lowest BCUT2D eigenvalue weighted by molar-refractivity contribution is 0.188. The molecule has 0 bridgehead atoms. The Morgan fingerprint density at radius 2 is 1.93 bits per heavy atom. The van der Waals surface area contributed by atoms with E-state index in [1.54, 1.807) is 4.90 Å². The lowest BCUT2D eigenvalue weighted by Gasteiger charge is -2.30. The molecule has 30 heavy (non-hydrogen) atoms. The van der Waals surface area contributed by atoms with Crippen molar-refractivity contribution in [3.8, 4) is 0 Å². The van der Waals surface area contributed by atoms with Crippen LogP contribution in [0.1, 0.15) is 13.8 Å². The van der Waals surface area contributed by atoms with E-state index >= 15 is 0 Å². The second-order valence-electron chi connectivity index (χ2n) is 8.13. The topological polar surface area (TPSA) is 65.5 Å². The van der Waals surface area contributed by atoms with Gasteiger partial charge in [-0.2, -0.15) is 4.39 Å². The molecular weight excluding hydrogens is 441 g/mol. The predicted molar refractivity (Wildman–Crippen MR) is 110 cm³/mol. The summed E-state index contributed by atoms with van der Waals surface area (Å²) in [4.78, 5) is 5.85. The SMILES string of the molecule is CN(C)C1CN(c2cc(F)c(S(=O)(=O)Nc3cccc(F)n3)c(F)c2Cl)CC1(C)C. The van der Waals surface area contributed by atoms with Crippen LogP contribution in [0.5, 0.6) is 0 Å². The van der Waals surface area contributed by atoms with Gasteiger partial charge in [0.25, 0.3) is 10.0 Å². The molecule has 1 N–H and O–H groups in total. The number of hydrogen-bond acceptors (Lipinski definition) is 5. The van der Waals surface area contributed by atoms with Crippen molar-refractivity contribution in [1.29, 1.82) is 0 Å².